The normalized spacial score (nSPS) is 18.1. The van der Waals surface area contributed by atoms with Gasteiger partial charge in [-0.05, 0) is 43.5 Å². The zero-order valence-corrected chi connectivity index (χ0v) is 16.7. The molecule has 0 atom stereocenters. The highest BCUT2D eigenvalue weighted by atomic mass is 16.2. The lowest BCUT2D eigenvalue weighted by Gasteiger charge is -2.36. The molecule has 0 bridgehead atoms. The molecule has 1 amide bonds. The molecule has 0 radical (unpaired) electrons. The van der Waals surface area contributed by atoms with Crippen LogP contribution >= 0.6 is 0 Å². The molecule has 4 rings (SSSR count). The number of piperazine rings is 1. The summed E-state index contributed by atoms with van der Waals surface area (Å²) >= 11 is 0. The first kappa shape index (κ1) is 18.7. The van der Waals surface area contributed by atoms with Gasteiger partial charge in [0.15, 0.2) is 0 Å². The summed E-state index contributed by atoms with van der Waals surface area (Å²) in [5.74, 6) is 0.716. The monoisotopic (exact) mass is 379 g/mol. The quantitative estimate of drug-likeness (QED) is 0.820. The van der Waals surface area contributed by atoms with Gasteiger partial charge in [0.1, 0.15) is 5.69 Å². The Bertz CT molecular complexity index is 808. The zero-order chi connectivity index (χ0) is 19.3. The highest BCUT2D eigenvalue weighted by molar-refractivity contribution is 5.92. The Hall–Kier alpha value is -2.63. The molecule has 6 nitrogen and oxygen atoms in total. The van der Waals surface area contributed by atoms with Crippen LogP contribution in [0.5, 0.6) is 0 Å². The minimum atomic E-state index is 0.0453. The van der Waals surface area contributed by atoms with E-state index in [0.717, 1.165) is 52.1 Å². The maximum Gasteiger partial charge on any atom is 0.272 e. The van der Waals surface area contributed by atoms with E-state index in [1.807, 2.05) is 4.90 Å². The molecule has 0 unspecified atom stereocenters. The fourth-order valence-electron chi connectivity index (χ4n) is 4.04. The molecule has 0 spiro atoms. The van der Waals surface area contributed by atoms with Crippen LogP contribution in [-0.2, 0) is 0 Å². The summed E-state index contributed by atoms with van der Waals surface area (Å²) in [6, 6.07) is 10.4. The summed E-state index contributed by atoms with van der Waals surface area (Å²) in [5.41, 5.74) is 3.07. The third kappa shape index (κ3) is 4.26. The lowest BCUT2D eigenvalue weighted by Crippen LogP contribution is -2.47. The topological polar surface area (TPSA) is 52.6 Å². The predicted molar refractivity (Wildman–Crippen MR) is 112 cm³/mol. The molecule has 3 heterocycles. The van der Waals surface area contributed by atoms with Crippen LogP contribution in [0.15, 0.2) is 36.5 Å². The van der Waals surface area contributed by atoms with Crippen LogP contribution in [0.1, 0.15) is 41.7 Å². The lowest BCUT2D eigenvalue weighted by molar-refractivity contribution is 0.0755. The number of likely N-dealkylation sites (tertiary alicyclic amines) is 1. The summed E-state index contributed by atoms with van der Waals surface area (Å²) < 4.78 is 0. The Morgan fingerprint density at radius 3 is 2.32 bits per heavy atom. The van der Waals surface area contributed by atoms with Gasteiger partial charge in [-0.2, -0.15) is 0 Å². The van der Waals surface area contributed by atoms with Gasteiger partial charge in [0.25, 0.3) is 5.91 Å². The maximum atomic E-state index is 12.9. The van der Waals surface area contributed by atoms with E-state index in [1.54, 1.807) is 12.3 Å². The molecule has 0 N–H and O–H groups in total. The largest absolute Gasteiger partial charge is 0.368 e. The molecule has 1 aromatic carbocycles. The molecule has 2 aliphatic rings. The highest BCUT2D eigenvalue weighted by Crippen LogP contribution is 2.20. The fraction of sp³-hybridized carbons (Fsp3) is 0.500. The summed E-state index contributed by atoms with van der Waals surface area (Å²) in [6.07, 6.45) is 6.32. The number of aromatic nitrogens is 2. The summed E-state index contributed by atoms with van der Waals surface area (Å²) in [7, 11) is 0. The number of nitrogens with zero attached hydrogens (tertiary/aromatic N) is 5. The van der Waals surface area contributed by atoms with Crippen molar-refractivity contribution in [1.82, 2.24) is 14.9 Å². The number of carbonyl (C=O) groups excluding carboxylic acids is 1. The second kappa shape index (κ2) is 8.59. The summed E-state index contributed by atoms with van der Waals surface area (Å²) in [5, 5.41) is 0. The van der Waals surface area contributed by atoms with E-state index >= 15 is 0 Å². The van der Waals surface area contributed by atoms with Crippen molar-refractivity contribution >= 4 is 17.5 Å². The smallest absolute Gasteiger partial charge is 0.272 e. The number of rotatable bonds is 3. The van der Waals surface area contributed by atoms with Crippen molar-refractivity contribution in [2.75, 3.05) is 49.1 Å². The van der Waals surface area contributed by atoms with Crippen LogP contribution in [-0.4, -0.2) is 60.0 Å². The number of anilines is 2. The van der Waals surface area contributed by atoms with Crippen LogP contribution in [0.2, 0.25) is 0 Å². The van der Waals surface area contributed by atoms with Gasteiger partial charge in [0.2, 0.25) is 5.95 Å². The molecule has 0 aliphatic carbocycles. The molecular formula is C22H29N5O. The highest BCUT2D eigenvalue weighted by Gasteiger charge is 2.22. The number of hydrogen-bond donors (Lipinski definition) is 0. The van der Waals surface area contributed by atoms with Crippen LogP contribution in [0.4, 0.5) is 11.6 Å². The second-order valence-corrected chi connectivity index (χ2v) is 7.76. The van der Waals surface area contributed by atoms with Crippen molar-refractivity contribution in [2.24, 2.45) is 0 Å². The molecule has 2 saturated heterocycles. The van der Waals surface area contributed by atoms with Crippen molar-refractivity contribution < 1.29 is 4.79 Å². The fourth-order valence-corrected chi connectivity index (χ4v) is 4.04. The number of hydrogen-bond acceptors (Lipinski definition) is 5. The van der Waals surface area contributed by atoms with Gasteiger partial charge in [-0.25, -0.2) is 9.97 Å². The van der Waals surface area contributed by atoms with E-state index in [4.69, 9.17) is 0 Å². The van der Waals surface area contributed by atoms with E-state index < -0.39 is 0 Å². The van der Waals surface area contributed by atoms with Gasteiger partial charge in [0.05, 0.1) is 0 Å². The van der Waals surface area contributed by atoms with Crippen molar-refractivity contribution in [3.8, 4) is 0 Å². The second-order valence-electron chi connectivity index (χ2n) is 7.76. The number of benzene rings is 1. The number of amides is 1. The average Bonchev–Trinajstić information content (AvgIpc) is 3.03. The van der Waals surface area contributed by atoms with E-state index in [0.29, 0.717) is 11.6 Å². The molecule has 1 aromatic heterocycles. The van der Waals surface area contributed by atoms with Gasteiger partial charge in [-0.1, -0.05) is 25.0 Å². The van der Waals surface area contributed by atoms with Crippen molar-refractivity contribution in [3.63, 3.8) is 0 Å². The van der Waals surface area contributed by atoms with Crippen molar-refractivity contribution in [1.29, 1.82) is 0 Å². The van der Waals surface area contributed by atoms with Crippen LogP contribution in [0.3, 0.4) is 0 Å². The summed E-state index contributed by atoms with van der Waals surface area (Å²) in [4.78, 5) is 28.5. The lowest BCUT2D eigenvalue weighted by atomic mass is 10.2. The van der Waals surface area contributed by atoms with Crippen LogP contribution in [0, 0.1) is 6.92 Å². The molecule has 148 valence electrons. The van der Waals surface area contributed by atoms with E-state index in [9.17, 15) is 4.79 Å². The zero-order valence-electron chi connectivity index (χ0n) is 16.7. The standard InChI is InChI=1S/C22H29N5O/c1-18-7-6-8-19(17-18)25-13-15-27(16-14-25)22-23-10-9-20(24-22)21(28)26-11-4-2-3-5-12-26/h6-10,17H,2-5,11-16H2,1H3. The molecule has 6 heteroatoms. The first-order valence-corrected chi connectivity index (χ1v) is 10.4. The van der Waals surface area contributed by atoms with E-state index in [1.165, 1.54) is 24.1 Å². The van der Waals surface area contributed by atoms with Crippen LogP contribution in [0.25, 0.3) is 0 Å². The summed E-state index contributed by atoms with van der Waals surface area (Å²) in [6.45, 7) is 7.37. The Balaban J connectivity index is 1.41. The SMILES string of the molecule is Cc1cccc(N2CCN(c3nccc(C(=O)N4CCCCCC4)n3)CC2)c1. The average molecular weight is 380 g/mol. The minimum Gasteiger partial charge on any atom is -0.368 e. The Morgan fingerprint density at radius 1 is 0.893 bits per heavy atom. The molecule has 2 aromatic rings. The van der Waals surface area contributed by atoms with Gasteiger partial charge in [-0.15, -0.1) is 0 Å². The molecule has 0 saturated carbocycles. The van der Waals surface area contributed by atoms with Gasteiger partial charge in [-0.3, -0.25) is 4.79 Å². The first-order valence-electron chi connectivity index (χ1n) is 10.4. The number of carbonyl (C=O) groups is 1. The minimum absolute atomic E-state index is 0.0453. The van der Waals surface area contributed by atoms with Gasteiger partial charge in [0, 0.05) is 51.2 Å². The van der Waals surface area contributed by atoms with Gasteiger partial charge >= 0.3 is 0 Å². The number of aryl methyl sites for hydroxylation is 1. The molecule has 2 fully saturated rings. The molecular weight excluding hydrogens is 350 g/mol. The van der Waals surface area contributed by atoms with Crippen LogP contribution < -0.4 is 9.80 Å². The third-order valence-electron chi connectivity index (χ3n) is 5.68. The third-order valence-corrected chi connectivity index (χ3v) is 5.68. The Labute approximate surface area is 167 Å². The Morgan fingerprint density at radius 2 is 1.61 bits per heavy atom. The van der Waals surface area contributed by atoms with Crippen molar-refractivity contribution in [2.45, 2.75) is 32.6 Å². The van der Waals surface area contributed by atoms with E-state index in [-0.39, 0.29) is 5.91 Å². The van der Waals surface area contributed by atoms with E-state index in [2.05, 4.69) is 51.0 Å². The molecule has 2 aliphatic heterocycles. The predicted octanol–water partition coefficient (Wildman–Crippen LogP) is 3.13. The Kier molecular flexibility index (Phi) is 5.74. The van der Waals surface area contributed by atoms with Crippen molar-refractivity contribution in [3.05, 3.63) is 47.8 Å². The first-order chi connectivity index (χ1) is 13.7. The maximum absolute atomic E-state index is 12.9. The molecule has 28 heavy (non-hydrogen) atoms. The van der Waals surface area contributed by atoms with Gasteiger partial charge < -0.3 is 14.7 Å².